The van der Waals surface area contributed by atoms with Crippen LogP contribution in [0.25, 0.3) is 0 Å². The van der Waals surface area contributed by atoms with Crippen LogP contribution < -0.4 is 0 Å². The Bertz CT molecular complexity index is 997. The molecule has 4 aliphatic rings. The molecule has 0 saturated heterocycles. The first-order chi connectivity index (χ1) is 15.9. The number of carbonyl (C=O) groups is 3. The van der Waals surface area contributed by atoms with Crippen molar-refractivity contribution in [2.45, 2.75) is 99.8 Å². The van der Waals surface area contributed by atoms with Crippen LogP contribution in [-0.4, -0.2) is 33.2 Å². The molecule has 3 saturated carbocycles. The lowest BCUT2D eigenvalue weighted by molar-refractivity contribution is -0.198. The maximum absolute atomic E-state index is 13.0. The van der Waals surface area contributed by atoms with E-state index in [1.54, 1.807) is 20.8 Å². The van der Waals surface area contributed by atoms with Crippen molar-refractivity contribution in [2.24, 2.45) is 50.2 Å². The number of carboxylic acid groups (broad SMARTS) is 3. The van der Waals surface area contributed by atoms with E-state index >= 15 is 0 Å². The predicted molar refractivity (Wildman–Crippen MR) is 133 cm³/mol. The lowest BCUT2D eigenvalue weighted by Crippen LogP contribution is -2.64. The largest absolute Gasteiger partial charge is 0.481 e. The van der Waals surface area contributed by atoms with Gasteiger partial charge in [-0.3, -0.25) is 14.4 Å². The second-order valence-electron chi connectivity index (χ2n) is 14.2. The Labute approximate surface area is 209 Å². The number of hydrogen-bond acceptors (Lipinski definition) is 3. The smallest absolute Gasteiger partial charge is 0.309 e. The summed E-state index contributed by atoms with van der Waals surface area (Å²) in [6.07, 6.45) is 8.42. The summed E-state index contributed by atoms with van der Waals surface area (Å²) in [6.45, 7) is 13.9. The molecule has 8 unspecified atom stereocenters. The fourth-order valence-corrected chi connectivity index (χ4v) is 9.35. The zero-order valence-electron chi connectivity index (χ0n) is 22.5. The minimum absolute atomic E-state index is 0.0715. The first-order valence-electron chi connectivity index (χ1n) is 13.3. The van der Waals surface area contributed by atoms with Crippen LogP contribution >= 0.6 is 0 Å². The molecular weight excluding hydrogens is 444 g/mol. The molecule has 0 radical (unpaired) electrons. The molecule has 6 nitrogen and oxygen atoms in total. The molecule has 0 aromatic carbocycles. The van der Waals surface area contributed by atoms with Crippen LogP contribution in [0.3, 0.4) is 0 Å². The molecule has 4 aliphatic carbocycles. The predicted octanol–water partition coefficient (Wildman–Crippen LogP) is 6.25. The first kappa shape index (κ1) is 26.2. The summed E-state index contributed by atoms with van der Waals surface area (Å²) >= 11 is 0. The molecule has 0 aromatic heterocycles. The minimum atomic E-state index is -1.16. The molecule has 0 aromatic rings. The van der Waals surface area contributed by atoms with Gasteiger partial charge in [-0.05, 0) is 113 Å². The number of hydrogen-bond donors (Lipinski definition) is 3. The maximum atomic E-state index is 13.0. The number of fused-ring (bicyclic) bond motifs is 5. The molecule has 196 valence electrons. The second-order valence-corrected chi connectivity index (χ2v) is 14.2. The molecule has 0 heterocycles. The van der Waals surface area contributed by atoms with Gasteiger partial charge in [-0.15, -0.1) is 0 Å². The summed E-state index contributed by atoms with van der Waals surface area (Å²) in [5, 5.41) is 30.6. The fraction of sp³-hybridized carbons (Fsp3) is 0.828. The molecule has 0 bridgehead atoms. The van der Waals surface area contributed by atoms with Gasteiger partial charge in [0.15, 0.2) is 0 Å². The van der Waals surface area contributed by atoms with Crippen molar-refractivity contribution < 1.29 is 29.7 Å². The Balaban J connectivity index is 1.83. The Morgan fingerprint density at radius 2 is 1.49 bits per heavy atom. The van der Waals surface area contributed by atoms with E-state index < -0.39 is 40.1 Å². The summed E-state index contributed by atoms with van der Waals surface area (Å²) in [6, 6.07) is 0. The Kier molecular flexibility index (Phi) is 5.68. The molecule has 4 rings (SSSR count). The molecule has 35 heavy (non-hydrogen) atoms. The normalized spacial score (nSPS) is 47.5. The van der Waals surface area contributed by atoms with E-state index in [0.717, 1.165) is 25.7 Å². The highest BCUT2D eigenvalue weighted by atomic mass is 16.4. The summed E-state index contributed by atoms with van der Waals surface area (Å²) < 4.78 is 0. The van der Waals surface area contributed by atoms with Gasteiger partial charge in [0.25, 0.3) is 0 Å². The molecule has 6 heteroatoms. The zero-order valence-corrected chi connectivity index (χ0v) is 22.5. The highest BCUT2D eigenvalue weighted by molar-refractivity contribution is 5.80. The van der Waals surface area contributed by atoms with Gasteiger partial charge in [0.1, 0.15) is 0 Å². The van der Waals surface area contributed by atoms with Crippen molar-refractivity contribution in [1.29, 1.82) is 0 Å². The first-order valence-corrected chi connectivity index (χ1v) is 13.3. The van der Waals surface area contributed by atoms with Gasteiger partial charge in [-0.1, -0.05) is 32.4 Å². The van der Waals surface area contributed by atoms with E-state index in [0.29, 0.717) is 25.7 Å². The average Bonchev–Trinajstić information content (AvgIpc) is 2.75. The van der Waals surface area contributed by atoms with E-state index in [2.05, 4.69) is 26.8 Å². The van der Waals surface area contributed by atoms with Crippen molar-refractivity contribution in [3.8, 4) is 0 Å². The van der Waals surface area contributed by atoms with Gasteiger partial charge < -0.3 is 15.3 Å². The highest BCUT2D eigenvalue weighted by Crippen LogP contribution is 2.74. The zero-order chi connectivity index (χ0) is 26.4. The van der Waals surface area contributed by atoms with Crippen molar-refractivity contribution in [2.75, 3.05) is 0 Å². The Morgan fingerprint density at radius 1 is 0.886 bits per heavy atom. The Hall–Kier alpha value is -1.85. The van der Waals surface area contributed by atoms with E-state index in [1.807, 2.05) is 6.92 Å². The van der Waals surface area contributed by atoms with Crippen LogP contribution in [0.4, 0.5) is 0 Å². The quantitative estimate of drug-likeness (QED) is 0.403. The van der Waals surface area contributed by atoms with E-state index in [-0.39, 0.29) is 28.1 Å². The number of rotatable bonds is 4. The van der Waals surface area contributed by atoms with Crippen molar-refractivity contribution in [3.05, 3.63) is 11.6 Å². The van der Waals surface area contributed by atoms with Crippen molar-refractivity contribution in [3.63, 3.8) is 0 Å². The molecule has 8 atom stereocenters. The number of allylic oxidation sites excluding steroid dienone is 2. The third kappa shape index (κ3) is 3.23. The average molecular weight is 489 g/mol. The van der Waals surface area contributed by atoms with Crippen molar-refractivity contribution in [1.82, 2.24) is 0 Å². The van der Waals surface area contributed by atoms with Gasteiger partial charge >= 0.3 is 17.9 Å². The van der Waals surface area contributed by atoms with Gasteiger partial charge in [0.05, 0.1) is 16.2 Å². The summed E-state index contributed by atoms with van der Waals surface area (Å²) in [4.78, 5) is 37.4. The van der Waals surface area contributed by atoms with E-state index in [4.69, 9.17) is 0 Å². The SMILES string of the molecule is CC1(C(=O)O)CCC2(C)CCC3(C)C(=CCC4C(C)(C(=O)O)C(C(C)(C)C(=O)O)CCC43C)C2C1. The standard InChI is InChI=1S/C29H44O6/c1-24(2,21(30)31)19-10-11-28(6)20(29(19,7)23(34)35)9-8-17-18-16-26(4,22(32)33)13-12-25(18,3)14-15-27(17,28)5/h8,18-20H,9-16H2,1-7H3,(H,30,31)(H,32,33)(H,34,35). The lowest BCUT2D eigenvalue weighted by Gasteiger charge is -2.68. The maximum Gasteiger partial charge on any atom is 0.309 e. The topological polar surface area (TPSA) is 112 Å². The summed E-state index contributed by atoms with van der Waals surface area (Å²) in [7, 11) is 0. The monoisotopic (exact) mass is 488 g/mol. The summed E-state index contributed by atoms with van der Waals surface area (Å²) in [5.41, 5.74) is -2.15. The van der Waals surface area contributed by atoms with Crippen LogP contribution in [0.2, 0.25) is 0 Å². The van der Waals surface area contributed by atoms with Gasteiger partial charge in [0, 0.05) is 0 Å². The fourth-order valence-electron chi connectivity index (χ4n) is 9.35. The van der Waals surface area contributed by atoms with Gasteiger partial charge in [-0.2, -0.15) is 0 Å². The van der Waals surface area contributed by atoms with Crippen LogP contribution in [0, 0.1) is 50.2 Å². The van der Waals surface area contributed by atoms with Crippen LogP contribution in [0.5, 0.6) is 0 Å². The minimum Gasteiger partial charge on any atom is -0.481 e. The number of carboxylic acids is 3. The van der Waals surface area contributed by atoms with E-state index in [1.165, 1.54) is 5.57 Å². The molecule has 3 fully saturated rings. The van der Waals surface area contributed by atoms with Crippen LogP contribution in [0.15, 0.2) is 11.6 Å². The van der Waals surface area contributed by atoms with E-state index in [9.17, 15) is 29.7 Å². The molecule has 0 amide bonds. The Morgan fingerprint density at radius 3 is 2.03 bits per heavy atom. The lowest BCUT2D eigenvalue weighted by atomic mass is 9.35. The third-order valence-electron chi connectivity index (χ3n) is 12.4. The van der Waals surface area contributed by atoms with Crippen molar-refractivity contribution >= 4 is 17.9 Å². The third-order valence-corrected chi connectivity index (χ3v) is 12.4. The van der Waals surface area contributed by atoms with Gasteiger partial charge in [-0.25, -0.2) is 0 Å². The molecule has 0 aliphatic heterocycles. The van der Waals surface area contributed by atoms with Crippen LogP contribution in [-0.2, 0) is 14.4 Å². The molecule has 0 spiro atoms. The highest BCUT2D eigenvalue weighted by Gasteiger charge is 2.69. The molecule has 3 N–H and O–H groups in total. The van der Waals surface area contributed by atoms with Crippen LogP contribution in [0.1, 0.15) is 99.8 Å². The molecular formula is C29H44O6. The second kappa shape index (κ2) is 7.58. The van der Waals surface area contributed by atoms with Gasteiger partial charge in [0.2, 0.25) is 0 Å². The number of aliphatic carboxylic acids is 3. The summed E-state index contributed by atoms with van der Waals surface area (Å²) in [5.74, 6) is -3.04.